The van der Waals surface area contributed by atoms with E-state index in [0.717, 1.165) is 17.5 Å². The molecule has 0 aromatic heterocycles. The number of carbonyl (C=O) groups is 2. The molecule has 142 valence electrons. The fourth-order valence-electron chi connectivity index (χ4n) is 3.66. The Morgan fingerprint density at radius 3 is 2.15 bits per heavy atom. The van der Waals surface area contributed by atoms with Gasteiger partial charge in [0.15, 0.2) is 0 Å². The molecule has 0 radical (unpaired) electrons. The first kappa shape index (κ1) is 19.0. The Balaban J connectivity index is 1.69. The molecule has 2 N–H and O–H groups in total. The van der Waals surface area contributed by atoms with Gasteiger partial charge < -0.3 is 15.2 Å². The number of alkyl carbamates (subject to hydrolysis) is 1. The molecule has 0 aliphatic heterocycles. The van der Waals surface area contributed by atoms with Crippen LogP contribution in [0.15, 0.2) is 48.5 Å². The standard InChI is InChI=1S/C22H25NO4/c1-3-14(2)20(12-21(24)25)23-22(26)27-13-19-17-10-6-4-8-15(17)16-9-5-7-11-18(16)19/h4-11,14,19-20H,3,12-13H2,1-2H3,(H,23,26)(H,24,25)/t14?,20-/m0/s1. The number of rotatable bonds is 7. The Labute approximate surface area is 159 Å². The number of benzene rings is 2. The van der Waals surface area contributed by atoms with Crippen molar-refractivity contribution in [3.63, 3.8) is 0 Å². The van der Waals surface area contributed by atoms with Gasteiger partial charge >= 0.3 is 12.1 Å². The third-order valence-electron chi connectivity index (χ3n) is 5.37. The van der Waals surface area contributed by atoms with Crippen LogP contribution in [0.5, 0.6) is 0 Å². The highest BCUT2D eigenvalue weighted by Gasteiger charge is 2.29. The zero-order valence-corrected chi connectivity index (χ0v) is 15.6. The number of carboxylic acids is 1. The van der Waals surface area contributed by atoms with Gasteiger partial charge in [-0.15, -0.1) is 0 Å². The SMILES string of the molecule is CCC(C)[C@H](CC(=O)O)NC(=O)OCC1c2ccccc2-c2ccccc21. The molecule has 0 bridgehead atoms. The molecule has 1 unspecified atom stereocenters. The van der Waals surface area contributed by atoms with E-state index < -0.39 is 18.1 Å². The first-order valence-electron chi connectivity index (χ1n) is 9.34. The first-order chi connectivity index (χ1) is 13.0. The molecule has 0 saturated carbocycles. The Morgan fingerprint density at radius 1 is 1.07 bits per heavy atom. The van der Waals surface area contributed by atoms with Crippen molar-refractivity contribution < 1.29 is 19.4 Å². The molecule has 5 heteroatoms. The van der Waals surface area contributed by atoms with Crippen molar-refractivity contribution in [1.29, 1.82) is 0 Å². The van der Waals surface area contributed by atoms with Crippen LogP contribution in [0.2, 0.25) is 0 Å². The van der Waals surface area contributed by atoms with Crippen molar-refractivity contribution in [2.75, 3.05) is 6.61 Å². The number of fused-ring (bicyclic) bond motifs is 3. The minimum atomic E-state index is -0.931. The first-order valence-corrected chi connectivity index (χ1v) is 9.34. The molecule has 2 aromatic carbocycles. The average Bonchev–Trinajstić information content (AvgIpc) is 2.99. The number of nitrogens with one attached hydrogen (secondary N) is 1. The van der Waals surface area contributed by atoms with Gasteiger partial charge in [0.1, 0.15) is 6.61 Å². The maximum Gasteiger partial charge on any atom is 0.407 e. The number of hydrogen-bond donors (Lipinski definition) is 2. The van der Waals surface area contributed by atoms with E-state index in [2.05, 4.69) is 29.6 Å². The lowest BCUT2D eigenvalue weighted by atomic mass is 9.96. The third-order valence-corrected chi connectivity index (χ3v) is 5.37. The summed E-state index contributed by atoms with van der Waals surface area (Å²) in [7, 11) is 0. The highest BCUT2D eigenvalue weighted by atomic mass is 16.5. The summed E-state index contributed by atoms with van der Waals surface area (Å²) in [5.41, 5.74) is 4.64. The van der Waals surface area contributed by atoms with Crippen LogP contribution in [0.3, 0.4) is 0 Å². The van der Waals surface area contributed by atoms with Gasteiger partial charge in [-0.05, 0) is 28.2 Å². The lowest BCUT2D eigenvalue weighted by Crippen LogP contribution is -2.41. The van der Waals surface area contributed by atoms with Crippen molar-refractivity contribution in [3.8, 4) is 11.1 Å². The minimum Gasteiger partial charge on any atom is -0.481 e. The summed E-state index contributed by atoms with van der Waals surface area (Å²) >= 11 is 0. The van der Waals surface area contributed by atoms with Crippen LogP contribution >= 0.6 is 0 Å². The van der Waals surface area contributed by atoms with Crippen LogP contribution in [0.1, 0.15) is 43.7 Å². The second-order valence-corrected chi connectivity index (χ2v) is 7.06. The van der Waals surface area contributed by atoms with Gasteiger partial charge in [-0.2, -0.15) is 0 Å². The van der Waals surface area contributed by atoms with E-state index >= 15 is 0 Å². The predicted octanol–water partition coefficient (Wildman–Crippen LogP) is 4.41. The van der Waals surface area contributed by atoms with E-state index in [1.165, 1.54) is 11.1 Å². The molecule has 0 heterocycles. The third kappa shape index (κ3) is 4.13. The Bertz CT molecular complexity index is 787. The molecular weight excluding hydrogens is 342 g/mol. The number of aliphatic carboxylic acids is 1. The van der Waals surface area contributed by atoms with Crippen molar-refractivity contribution in [3.05, 3.63) is 59.7 Å². The molecule has 1 aliphatic rings. The normalized spacial score (nSPS) is 14.7. The Morgan fingerprint density at radius 2 is 1.63 bits per heavy atom. The summed E-state index contributed by atoms with van der Waals surface area (Å²) < 4.78 is 5.50. The van der Waals surface area contributed by atoms with E-state index in [4.69, 9.17) is 9.84 Å². The fraction of sp³-hybridized carbons (Fsp3) is 0.364. The van der Waals surface area contributed by atoms with Gasteiger partial charge in [-0.25, -0.2) is 4.79 Å². The van der Waals surface area contributed by atoms with E-state index in [0.29, 0.717) is 0 Å². The number of carboxylic acid groups (broad SMARTS) is 1. The molecule has 2 atom stereocenters. The van der Waals surface area contributed by atoms with Crippen molar-refractivity contribution in [2.45, 2.75) is 38.6 Å². The second kappa shape index (κ2) is 8.25. The molecule has 2 aromatic rings. The van der Waals surface area contributed by atoms with Crippen LogP contribution in [0.4, 0.5) is 4.79 Å². The molecule has 0 fully saturated rings. The van der Waals surface area contributed by atoms with Gasteiger partial charge in [0.25, 0.3) is 0 Å². The fourth-order valence-corrected chi connectivity index (χ4v) is 3.66. The minimum absolute atomic E-state index is 0.00956. The molecule has 0 spiro atoms. The number of carbonyl (C=O) groups excluding carboxylic acids is 1. The van der Waals surface area contributed by atoms with Crippen molar-refractivity contribution in [1.82, 2.24) is 5.32 Å². The lowest BCUT2D eigenvalue weighted by molar-refractivity contribution is -0.137. The summed E-state index contributed by atoms with van der Waals surface area (Å²) in [5, 5.41) is 11.8. The smallest absolute Gasteiger partial charge is 0.407 e. The number of hydrogen-bond acceptors (Lipinski definition) is 3. The van der Waals surface area contributed by atoms with E-state index in [-0.39, 0.29) is 24.9 Å². The summed E-state index contributed by atoms with van der Waals surface area (Å²) in [4.78, 5) is 23.4. The average molecular weight is 367 g/mol. The Hall–Kier alpha value is -2.82. The topological polar surface area (TPSA) is 75.6 Å². The zero-order valence-electron chi connectivity index (χ0n) is 15.6. The second-order valence-electron chi connectivity index (χ2n) is 7.06. The van der Waals surface area contributed by atoms with Crippen LogP contribution in [-0.4, -0.2) is 29.8 Å². The largest absolute Gasteiger partial charge is 0.481 e. The van der Waals surface area contributed by atoms with Crippen LogP contribution in [-0.2, 0) is 9.53 Å². The molecule has 1 amide bonds. The van der Waals surface area contributed by atoms with Gasteiger partial charge in [0.2, 0.25) is 0 Å². The van der Waals surface area contributed by atoms with Gasteiger partial charge in [-0.3, -0.25) is 4.79 Å². The summed E-state index contributed by atoms with van der Waals surface area (Å²) in [6.07, 6.45) is 0.101. The zero-order chi connectivity index (χ0) is 19.4. The molecular formula is C22H25NO4. The quantitative estimate of drug-likeness (QED) is 0.760. The monoisotopic (exact) mass is 367 g/mol. The van der Waals surface area contributed by atoms with Crippen molar-refractivity contribution in [2.24, 2.45) is 5.92 Å². The molecule has 27 heavy (non-hydrogen) atoms. The highest BCUT2D eigenvalue weighted by molar-refractivity contribution is 5.79. The lowest BCUT2D eigenvalue weighted by Gasteiger charge is -2.23. The van der Waals surface area contributed by atoms with Crippen LogP contribution < -0.4 is 5.32 Å². The highest BCUT2D eigenvalue weighted by Crippen LogP contribution is 2.44. The molecule has 3 rings (SSSR count). The van der Waals surface area contributed by atoms with Crippen LogP contribution in [0, 0.1) is 5.92 Å². The van der Waals surface area contributed by atoms with Gasteiger partial charge in [0.05, 0.1) is 6.42 Å². The number of ether oxygens (including phenoxy) is 1. The van der Waals surface area contributed by atoms with E-state index in [1.54, 1.807) is 0 Å². The molecule has 1 aliphatic carbocycles. The summed E-state index contributed by atoms with van der Waals surface area (Å²) in [6.45, 7) is 4.12. The maximum absolute atomic E-state index is 12.3. The summed E-state index contributed by atoms with van der Waals surface area (Å²) in [5.74, 6) is -0.884. The van der Waals surface area contributed by atoms with Gasteiger partial charge in [0, 0.05) is 12.0 Å². The Kier molecular flexibility index (Phi) is 5.79. The molecule has 5 nitrogen and oxygen atoms in total. The summed E-state index contributed by atoms with van der Waals surface area (Å²) in [6, 6.07) is 15.8. The van der Waals surface area contributed by atoms with Crippen LogP contribution in [0.25, 0.3) is 11.1 Å². The van der Waals surface area contributed by atoms with E-state index in [9.17, 15) is 9.59 Å². The number of amides is 1. The predicted molar refractivity (Wildman–Crippen MR) is 104 cm³/mol. The van der Waals surface area contributed by atoms with Crippen molar-refractivity contribution >= 4 is 12.1 Å². The molecule has 0 saturated heterocycles. The maximum atomic E-state index is 12.3. The van der Waals surface area contributed by atoms with Gasteiger partial charge in [-0.1, -0.05) is 68.8 Å². The van der Waals surface area contributed by atoms with E-state index in [1.807, 2.05) is 38.1 Å².